The average Bonchev–Trinajstić information content (AvgIpc) is 2.35. The number of rotatable bonds is 4. The molecule has 0 unspecified atom stereocenters. The van der Waals surface area contributed by atoms with E-state index in [4.69, 9.17) is 9.05 Å². The first-order valence-corrected chi connectivity index (χ1v) is 7.66. The normalized spacial score (nSPS) is 9.89. The second kappa shape index (κ2) is 6.32. The van der Waals surface area contributed by atoms with E-state index < -0.39 is 8.25 Å². The number of halogens is 2. The smallest absolute Gasteiger partial charge is 0.222 e. The minimum absolute atomic E-state index is 0.497. The second-order valence-electron chi connectivity index (χ2n) is 3.31. The van der Waals surface area contributed by atoms with Gasteiger partial charge in [-0.1, -0.05) is 31.9 Å². The van der Waals surface area contributed by atoms with Gasteiger partial charge in [0.15, 0.2) is 11.5 Å². The predicted molar refractivity (Wildman–Crippen MR) is 77.1 cm³/mol. The van der Waals surface area contributed by atoms with Crippen molar-refractivity contribution >= 4 is 40.1 Å². The van der Waals surface area contributed by atoms with Gasteiger partial charge in [-0.3, -0.25) is 0 Å². The van der Waals surface area contributed by atoms with Gasteiger partial charge in [0, 0.05) is 13.5 Å². The van der Waals surface area contributed by atoms with Crippen LogP contribution in [0.15, 0.2) is 57.5 Å². The van der Waals surface area contributed by atoms with E-state index in [0.717, 1.165) is 8.95 Å². The second-order valence-corrected chi connectivity index (χ2v) is 5.96. The van der Waals surface area contributed by atoms with Crippen LogP contribution < -0.4 is 9.05 Å². The first-order chi connectivity index (χ1) is 8.63. The molecule has 92 valence electrons. The molecule has 0 aliphatic rings. The number of hydrogen-bond donors (Lipinski definition) is 0. The maximum atomic E-state index is 11.6. The van der Waals surface area contributed by atoms with E-state index >= 15 is 0 Å². The lowest BCUT2D eigenvalue weighted by Crippen LogP contribution is -1.88. The van der Waals surface area contributed by atoms with E-state index in [1.807, 2.05) is 0 Å². The lowest BCUT2D eigenvalue weighted by molar-refractivity contribution is 0.415. The zero-order valence-corrected chi connectivity index (χ0v) is 13.1. The van der Waals surface area contributed by atoms with Crippen LogP contribution in [0.5, 0.6) is 11.5 Å². The van der Waals surface area contributed by atoms with Crippen molar-refractivity contribution in [3.05, 3.63) is 57.5 Å². The molecule has 0 aliphatic heterocycles. The molecule has 0 saturated carbocycles. The maximum Gasteiger partial charge on any atom is 0.805 e. The molecule has 2 rings (SSSR count). The van der Waals surface area contributed by atoms with Gasteiger partial charge in [-0.05, 0) is 48.5 Å². The fourth-order valence-electron chi connectivity index (χ4n) is 1.18. The Labute approximate surface area is 122 Å². The van der Waals surface area contributed by atoms with Crippen molar-refractivity contribution in [1.82, 2.24) is 0 Å². The van der Waals surface area contributed by atoms with Gasteiger partial charge in [0.05, 0.1) is 0 Å². The van der Waals surface area contributed by atoms with Crippen LogP contribution in [-0.2, 0) is 4.57 Å². The maximum absolute atomic E-state index is 11.6. The van der Waals surface area contributed by atoms with E-state index in [0.29, 0.717) is 11.5 Å². The van der Waals surface area contributed by atoms with Gasteiger partial charge < -0.3 is 0 Å². The summed E-state index contributed by atoms with van der Waals surface area (Å²) in [6, 6.07) is 14.1. The molecule has 0 amide bonds. The Balaban J connectivity index is 1.96. The molecule has 0 heterocycles. The van der Waals surface area contributed by atoms with Crippen molar-refractivity contribution in [2.75, 3.05) is 0 Å². The first kappa shape index (κ1) is 13.5. The highest BCUT2D eigenvalue weighted by atomic mass is 79.9. The summed E-state index contributed by atoms with van der Waals surface area (Å²) in [4.78, 5) is 0. The van der Waals surface area contributed by atoms with Gasteiger partial charge in [0.25, 0.3) is 0 Å². The molecule has 2 aromatic carbocycles. The van der Waals surface area contributed by atoms with Gasteiger partial charge in [-0.25, -0.2) is 9.05 Å². The van der Waals surface area contributed by atoms with Gasteiger partial charge in [0.1, 0.15) is 0 Å². The van der Waals surface area contributed by atoms with Crippen molar-refractivity contribution in [2.24, 2.45) is 0 Å². The van der Waals surface area contributed by atoms with Crippen molar-refractivity contribution in [3.8, 4) is 11.5 Å². The summed E-state index contributed by atoms with van der Waals surface area (Å²) in [5.41, 5.74) is 0. The summed E-state index contributed by atoms with van der Waals surface area (Å²) >= 11 is 6.62. The molecule has 0 aliphatic carbocycles. The molecule has 0 spiro atoms. The number of hydrogen-bond acceptors (Lipinski definition) is 3. The molecule has 0 bridgehead atoms. The Morgan fingerprint density at radius 1 is 0.722 bits per heavy atom. The Kier molecular flexibility index (Phi) is 4.75. The van der Waals surface area contributed by atoms with Crippen LogP contribution in [0.1, 0.15) is 0 Å². The quantitative estimate of drug-likeness (QED) is 0.662. The molecule has 0 fully saturated rings. The largest absolute Gasteiger partial charge is 0.805 e. The molecule has 0 saturated heterocycles. The van der Waals surface area contributed by atoms with Gasteiger partial charge in [-0.2, -0.15) is 0 Å². The van der Waals surface area contributed by atoms with Crippen LogP contribution in [0.3, 0.4) is 0 Å². The van der Waals surface area contributed by atoms with Crippen LogP contribution >= 0.6 is 40.1 Å². The SMILES string of the molecule is O=[P+](Oc1ccc(Br)cc1)Oc1ccc(Br)cc1. The zero-order chi connectivity index (χ0) is 13.0. The minimum atomic E-state index is -2.23. The summed E-state index contributed by atoms with van der Waals surface area (Å²) in [6.07, 6.45) is 0. The third-order valence-corrected chi connectivity index (χ3v) is 3.76. The van der Waals surface area contributed by atoms with Crippen LogP contribution in [0.25, 0.3) is 0 Å². The van der Waals surface area contributed by atoms with Crippen molar-refractivity contribution < 1.29 is 13.6 Å². The Hall–Kier alpha value is -0.900. The van der Waals surface area contributed by atoms with Crippen molar-refractivity contribution in [3.63, 3.8) is 0 Å². The third-order valence-electron chi connectivity index (χ3n) is 1.99. The van der Waals surface area contributed by atoms with Crippen molar-refractivity contribution in [2.45, 2.75) is 0 Å². The lowest BCUT2D eigenvalue weighted by Gasteiger charge is -1.95. The van der Waals surface area contributed by atoms with Crippen LogP contribution in [0.2, 0.25) is 0 Å². The summed E-state index contributed by atoms with van der Waals surface area (Å²) in [7, 11) is -2.23. The third kappa shape index (κ3) is 4.09. The molecule has 0 atom stereocenters. The lowest BCUT2D eigenvalue weighted by atomic mass is 10.3. The Bertz CT molecular complexity index is 491. The Morgan fingerprint density at radius 2 is 1.06 bits per heavy atom. The molecular formula is C12H8Br2O3P+. The topological polar surface area (TPSA) is 35.5 Å². The molecular weight excluding hydrogens is 383 g/mol. The molecule has 2 aromatic rings. The van der Waals surface area contributed by atoms with Gasteiger partial charge in [0.2, 0.25) is 0 Å². The van der Waals surface area contributed by atoms with Crippen molar-refractivity contribution in [1.29, 1.82) is 0 Å². The van der Waals surface area contributed by atoms with E-state index in [1.54, 1.807) is 48.5 Å². The van der Waals surface area contributed by atoms with E-state index in [-0.39, 0.29) is 0 Å². The average molecular weight is 391 g/mol. The van der Waals surface area contributed by atoms with Crippen LogP contribution in [-0.4, -0.2) is 0 Å². The highest BCUT2D eigenvalue weighted by Gasteiger charge is 2.23. The van der Waals surface area contributed by atoms with E-state index in [1.165, 1.54) is 0 Å². The standard InChI is InChI=1S/C12H8Br2O3P/c13-9-1-5-11(6-2-9)16-18(15)17-12-7-3-10(14)4-8-12/h1-8H/q+1. The molecule has 18 heavy (non-hydrogen) atoms. The summed E-state index contributed by atoms with van der Waals surface area (Å²) in [5.74, 6) is 0.993. The first-order valence-electron chi connectivity index (χ1n) is 4.98. The fraction of sp³-hybridized carbons (Fsp3) is 0. The highest BCUT2D eigenvalue weighted by molar-refractivity contribution is 9.10. The van der Waals surface area contributed by atoms with E-state index in [9.17, 15) is 4.57 Å². The molecule has 0 aromatic heterocycles. The minimum Gasteiger partial charge on any atom is -0.222 e. The molecule has 0 radical (unpaired) electrons. The molecule has 6 heteroatoms. The molecule has 3 nitrogen and oxygen atoms in total. The Morgan fingerprint density at radius 3 is 1.39 bits per heavy atom. The molecule has 0 N–H and O–H groups in total. The number of benzene rings is 2. The predicted octanol–water partition coefficient (Wildman–Crippen LogP) is 5.33. The van der Waals surface area contributed by atoms with Gasteiger partial charge in [-0.15, -0.1) is 0 Å². The summed E-state index contributed by atoms with van der Waals surface area (Å²) in [5, 5.41) is 0. The van der Waals surface area contributed by atoms with Crippen LogP contribution in [0.4, 0.5) is 0 Å². The summed E-state index contributed by atoms with van der Waals surface area (Å²) < 4.78 is 23.8. The summed E-state index contributed by atoms with van der Waals surface area (Å²) in [6.45, 7) is 0. The van der Waals surface area contributed by atoms with Gasteiger partial charge >= 0.3 is 8.25 Å². The van der Waals surface area contributed by atoms with E-state index in [2.05, 4.69) is 31.9 Å². The monoisotopic (exact) mass is 389 g/mol. The fourth-order valence-corrected chi connectivity index (χ4v) is 2.34. The highest BCUT2D eigenvalue weighted by Crippen LogP contribution is 2.31. The zero-order valence-electron chi connectivity index (χ0n) is 9.05. The van der Waals surface area contributed by atoms with Crippen LogP contribution in [0, 0.1) is 0 Å².